The van der Waals surface area contributed by atoms with Gasteiger partial charge in [-0.3, -0.25) is 0 Å². The molecule has 0 saturated heterocycles. The highest BCUT2D eigenvalue weighted by molar-refractivity contribution is 7.10. The van der Waals surface area contributed by atoms with Crippen LogP contribution in [0.2, 0.25) is 10.0 Å². The summed E-state index contributed by atoms with van der Waals surface area (Å²) in [6, 6.07) is 5.64. The van der Waals surface area contributed by atoms with Gasteiger partial charge in [-0.05, 0) is 35.2 Å². The monoisotopic (exact) mass is 276 g/mol. The van der Waals surface area contributed by atoms with Crippen LogP contribution in [0, 0.1) is 5.82 Å². The predicted octanol–water partition coefficient (Wildman–Crippen LogP) is 4.28. The van der Waals surface area contributed by atoms with Crippen molar-refractivity contribution in [2.24, 2.45) is 0 Å². The quantitative estimate of drug-likeness (QED) is 0.868. The fourth-order valence-electron chi connectivity index (χ4n) is 1.38. The molecule has 0 bridgehead atoms. The second-order valence-corrected chi connectivity index (χ2v) is 5.03. The van der Waals surface area contributed by atoms with Crippen LogP contribution < -0.4 is 0 Å². The molecule has 2 rings (SSSR count). The minimum Gasteiger partial charge on any atom is -0.383 e. The lowest BCUT2D eigenvalue weighted by molar-refractivity contribution is 0.224. The van der Waals surface area contributed by atoms with Crippen molar-refractivity contribution < 1.29 is 9.50 Å². The van der Waals surface area contributed by atoms with Gasteiger partial charge in [0.05, 0.1) is 9.90 Å². The minimum atomic E-state index is -0.944. The smallest absolute Gasteiger partial charge is 0.125 e. The number of hydrogen-bond donors (Lipinski definition) is 1. The van der Waals surface area contributed by atoms with Crippen LogP contribution in [0.1, 0.15) is 16.5 Å². The Bertz CT molecular complexity index is 492. The van der Waals surface area contributed by atoms with Gasteiger partial charge in [-0.25, -0.2) is 4.39 Å². The van der Waals surface area contributed by atoms with Crippen LogP contribution in [0.25, 0.3) is 0 Å². The first kappa shape index (κ1) is 11.9. The molecule has 0 saturated carbocycles. The van der Waals surface area contributed by atoms with E-state index in [2.05, 4.69) is 0 Å². The van der Waals surface area contributed by atoms with Gasteiger partial charge in [0.1, 0.15) is 11.9 Å². The maximum Gasteiger partial charge on any atom is 0.125 e. The molecular weight excluding hydrogens is 270 g/mol. The van der Waals surface area contributed by atoms with Crippen LogP contribution in [-0.4, -0.2) is 5.11 Å². The molecule has 1 aromatic carbocycles. The first-order valence-electron chi connectivity index (χ1n) is 4.45. The van der Waals surface area contributed by atoms with E-state index in [0.29, 0.717) is 15.5 Å². The zero-order valence-corrected chi connectivity index (χ0v) is 10.3. The molecule has 1 heterocycles. The summed E-state index contributed by atoms with van der Waals surface area (Å²) in [4.78, 5) is 0.586. The van der Waals surface area contributed by atoms with Crippen molar-refractivity contribution in [1.29, 1.82) is 0 Å². The highest BCUT2D eigenvalue weighted by atomic mass is 35.5. The zero-order valence-electron chi connectivity index (χ0n) is 7.95. The van der Waals surface area contributed by atoms with Gasteiger partial charge in [0.25, 0.3) is 0 Å². The molecule has 84 valence electrons. The number of halogens is 3. The van der Waals surface area contributed by atoms with Crippen molar-refractivity contribution >= 4 is 34.5 Å². The molecule has 1 N–H and O–H groups in total. The van der Waals surface area contributed by atoms with Crippen LogP contribution >= 0.6 is 34.5 Å². The molecule has 0 aliphatic carbocycles. The SMILES string of the molecule is OC(c1cc(F)cc(Cl)c1)c1sccc1Cl. The summed E-state index contributed by atoms with van der Waals surface area (Å²) >= 11 is 12.9. The number of aliphatic hydroxyl groups is 1. The summed E-state index contributed by atoms with van der Waals surface area (Å²) in [5.74, 6) is -0.478. The van der Waals surface area contributed by atoms with E-state index >= 15 is 0 Å². The molecule has 0 radical (unpaired) electrons. The lowest BCUT2D eigenvalue weighted by Gasteiger charge is -2.10. The molecule has 1 unspecified atom stereocenters. The predicted molar refractivity (Wildman–Crippen MR) is 64.8 cm³/mol. The van der Waals surface area contributed by atoms with Gasteiger partial charge in [0.15, 0.2) is 0 Å². The third kappa shape index (κ3) is 2.38. The lowest BCUT2D eigenvalue weighted by Crippen LogP contribution is -1.98. The van der Waals surface area contributed by atoms with E-state index in [1.165, 1.54) is 29.5 Å². The molecule has 5 heteroatoms. The average Bonchev–Trinajstić information content (AvgIpc) is 2.62. The largest absolute Gasteiger partial charge is 0.383 e. The summed E-state index contributed by atoms with van der Waals surface area (Å²) in [6.45, 7) is 0. The van der Waals surface area contributed by atoms with Gasteiger partial charge in [0.2, 0.25) is 0 Å². The Labute approximate surface area is 106 Å². The van der Waals surface area contributed by atoms with Crippen molar-refractivity contribution in [2.75, 3.05) is 0 Å². The van der Waals surface area contributed by atoms with Crippen molar-refractivity contribution in [3.05, 3.63) is 55.9 Å². The summed E-state index contributed by atoms with van der Waals surface area (Å²) in [7, 11) is 0. The Morgan fingerprint density at radius 1 is 1.25 bits per heavy atom. The molecule has 1 aromatic heterocycles. The summed E-state index contributed by atoms with van der Waals surface area (Å²) in [5, 5.41) is 12.5. The number of hydrogen-bond acceptors (Lipinski definition) is 2. The molecule has 0 aliphatic rings. The normalized spacial score (nSPS) is 12.8. The Morgan fingerprint density at radius 2 is 2.00 bits per heavy atom. The van der Waals surface area contributed by atoms with E-state index in [4.69, 9.17) is 23.2 Å². The van der Waals surface area contributed by atoms with Gasteiger partial charge >= 0.3 is 0 Å². The minimum absolute atomic E-state index is 0.252. The van der Waals surface area contributed by atoms with Crippen molar-refractivity contribution in [1.82, 2.24) is 0 Å². The van der Waals surface area contributed by atoms with Crippen LogP contribution in [0.4, 0.5) is 4.39 Å². The molecule has 0 amide bonds. The van der Waals surface area contributed by atoms with Crippen molar-refractivity contribution in [3.8, 4) is 0 Å². The maximum absolute atomic E-state index is 13.1. The highest BCUT2D eigenvalue weighted by Gasteiger charge is 2.16. The molecule has 0 aliphatic heterocycles. The number of rotatable bonds is 2. The summed E-state index contributed by atoms with van der Waals surface area (Å²) < 4.78 is 13.1. The van der Waals surface area contributed by atoms with Crippen LogP contribution in [0.3, 0.4) is 0 Å². The number of thiophene rings is 1. The fourth-order valence-corrected chi connectivity index (χ4v) is 2.79. The van der Waals surface area contributed by atoms with E-state index in [9.17, 15) is 9.50 Å². The van der Waals surface area contributed by atoms with E-state index in [1.54, 1.807) is 11.4 Å². The van der Waals surface area contributed by atoms with Crippen molar-refractivity contribution in [3.63, 3.8) is 0 Å². The third-order valence-electron chi connectivity index (χ3n) is 2.09. The second-order valence-electron chi connectivity index (χ2n) is 3.24. The molecule has 1 nitrogen and oxygen atoms in total. The lowest BCUT2D eigenvalue weighted by atomic mass is 10.1. The van der Waals surface area contributed by atoms with Gasteiger partial charge in [-0.1, -0.05) is 23.2 Å². The molecule has 16 heavy (non-hydrogen) atoms. The Kier molecular flexibility index (Phi) is 3.50. The average molecular weight is 277 g/mol. The zero-order chi connectivity index (χ0) is 11.7. The molecule has 0 fully saturated rings. The summed E-state index contributed by atoms with van der Waals surface area (Å²) in [6.07, 6.45) is -0.944. The summed E-state index contributed by atoms with van der Waals surface area (Å²) in [5.41, 5.74) is 0.398. The topological polar surface area (TPSA) is 20.2 Å². The van der Waals surface area contributed by atoms with E-state index < -0.39 is 11.9 Å². The van der Waals surface area contributed by atoms with Crippen molar-refractivity contribution in [2.45, 2.75) is 6.10 Å². The van der Waals surface area contributed by atoms with E-state index in [1.807, 2.05) is 0 Å². The Balaban J connectivity index is 2.41. The number of aliphatic hydroxyl groups excluding tert-OH is 1. The standard InChI is InChI=1S/C11H7Cl2FOS/c12-7-3-6(4-8(14)5-7)10(15)11-9(13)1-2-16-11/h1-5,10,15H. The first-order valence-corrected chi connectivity index (χ1v) is 6.08. The van der Waals surface area contributed by atoms with Crippen LogP contribution in [0.15, 0.2) is 29.6 Å². The third-order valence-corrected chi connectivity index (χ3v) is 3.72. The maximum atomic E-state index is 13.1. The molecule has 0 spiro atoms. The molecular formula is C11H7Cl2FOS. The number of benzene rings is 1. The second kappa shape index (κ2) is 4.72. The van der Waals surface area contributed by atoms with Gasteiger partial charge in [0, 0.05) is 5.02 Å². The first-order chi connectivity index (χ1) is 7.58. The highest BCUT2D eigenvalue weighted by Crippen LogP contribution is 2.33. The van der Waals surface area contributed by atoms with E-state index in [-0.39, 0.29) is 5.02 Å². The van der Waals surface area contributed by atoms with E-state index in [0.717, 1.165) is 0 Å². The Hall–Kier alpha value is -0.610. The van der Waals surface area contributed by atoms with Crippen LogP contribution in [0.5, 0.6) is 0 Å². The van der Waals surface area contributed by atoms with Gasteiger partial charge in [-0.15, -0.1) is 11.3 Å². The van der Waals surface area contributed by atoms with Crippen LogP contribution in [-0.2, 0) is 0 Å². The Morgan fingerprint density at radius 3 is 2.56 bits per heavy atom. The molecule has 2 aromatic rings. The van der Waals surface area contributed by atoms with Gasteiger partial charge < -0.3 is 5.11 Å². The fraction of sp³-hybridized carbons (Fsp3) is 0.0909. The van der Waals surface area contributed by atoms with Gasteiger partial charge in [-0.2, -0.15) is 0 Å². The molecule has 1 atom stereocenters.